The standard InChI is InChI=1S/C22H31FN4O/c1-3-26-12-11-25-21(26)16-27(20-14-22(20)7-9-24-10-8-22)15-17-5-6-19(28-4-2)18(23)13-17/h5-6,11-13,20,24H,3-4,7-10,14-16H2,1-2H3. The van der Waals surface area contributed by atoms with Crippen LogP contribution in [0.3, 0.4) is 0 Å². The molecule has 5 nitrogen and oxygen atoms in total. The van der Waals surface area contributed by atoms with Gasteiger partial charge in [0.1, 0.15) is 5.82 Å². The Balaban J connectivity index is 1.54. The molecule has 2 aromatic rings. The van der Waals surface area contributed by atoms with Gasteiger partial charge in [-0.1, -0.05) is 6.07 Å². The highest BCUT2D eigenvalue weighted by Gasteiger charge is 2.56. The Bertz CT molecular complexity index is 800. The number of benzene rings is 1. The Morgan fingerprint density at radius 1 is 1.29 bits per heavy atom. The Kier molecular flexibility index (Phi) is 5.69. The molecule has 2 fully saturated rings. The minimum absolute atomic E-state index is 0.276. The Hall–Kier alpha value is -1.92. The molecule has 1 aromatic carbocycles. The SMILES string of the molecule is CCOc1ccc(CN(Cc2nccn2CC)C2CC23CCNCC3)cc1F. The van der Waals surface area contributed by atoms with E-state index in [1.54, 1.807) is 12.1 Å². The number of aromatic nitrogens is 2. The van der Waals surface area contributed by atoms with E-state index in [9.17, 15) is 4.39 Å². The summed E-state index contributed by atoms with van der Waals surface area (Å²) in [5, 5.41) is 3.48. The van der Waals surface area contributed by atoms with Crippen LogP contribution >= 0.6 is 0 Å². The van der Waals surface area contributed by atoms with E-state index in [0.717, 1.165) is 44.1 Å². The van der Waals surface area contributed by atoms with Gasteiger partial charge < -0.3 is 14.6 Å². The van der Waals surface area contributed by atoms with E-state index in [1.165, 1.54) is 19.3 Å². The van der Waals surface area contributed by atoms with Gasteiger partial charge in [-0.15, -0.1) is 0 Å². The summed E-state index contributed by atoms with van der Waals surface area (Å²) in [6, 6.07) is 5.92. The zero-order valence-corrected chi connectivity index (χ0v) is 17.0. The van der Waals surface area contributed by atoms with E-state index in [4.69, 9.17) is 4.74 Å². The van der Waals surface area contributed by atoms with Crippen LogP contribution in [0.15, 0.2) is 30.6 Å². The Labute approximate surface area is 166 Å². The molecule has 2 aliphatic rings. The number of aryl methyl sites for hydroxylation is 1. The summed E-state index contributed by atoms with van der Waals surface area (Å²) in [4.78, 5) is 7.09. The maximum Gasteiger partial charge on any atom is 0.165 e. The normalized spacial score (nSPS) is 20.6. The fraction of sp³-hybridized carbons (Fsp3) is 0.591. The first-order valence-electron chi connectivity index (χ1n) is 10.5. The highest BCUT2D eigenvalue weighted by Crippen LogP contribution is 2.56. The van der Waals surface area contributed by atoms with Gasteiger partial charge in [0.15, 0.2) is 11.6 Å². The summed E-state index contributed by atoms with van der Waals surface area (Å²) in [5.74, 6) is 1.15. The van der Waals surface area contributed by atoms with Crippen molar-refractivity contribution in [2.45, 2.75) is 58.8 Å². The summed E-state index contributed by atoms with van der Waals surface area (Å²) < 4.78 is 21.9. The summed E-state index contributed by atoms with van der Waals surface area (Å²) in [7, 11) is 0. The van der Waals surface area contributed by atoms with Crippen LogP contribution in [0.2, 0.25) is 0 Å². The van der Waals surface area contributed by atoms with Crippen molar-refractivity contribution in [3.8, 4) is 5.75 Å². The molecule has 1 saturated heterocycles. The lowest BCUT2D eigenvalue weighted by atomic mass is 9.93. The van der Waals surface area contributed by atoms with Crippen LogP contribution in [-0.4, -0.2) is 40.2 Å². The molecule has 1 spiro atoms. The predicted octanol–water partition coefficient (Wildman–Crippen LogP) is 3.59. The van der Waals surface area contributed by atoms with Crippen LogP contribution in [0.1, 0.15) is 44.5 Å². The first kappa shape index (κ1) is 19.4. The van der Waals surface area contributed by atoms with Gasteiger partial charge in [-0.3, -0.25) is 4.90 Å². The minimum Gasteiger partial charge on any atom is -0.491 e. The number of ether oxygens (including phenoxy) is 1. The number of hydrogen-bond donors (Lipinski definition) is 1. The summed E-state index contributed by atoms with van der Waals surface area (Å²) in [5.41, 5.74) is 1.42. The average molecular weight is 387 g/mol. The van der Waals surface area contributed by atoms with Gasteiger partial charge in [0, 0.05) is 31.5 Å². The molecule has 1 N–H and O–H groups in total. The fourth-order valence-electron chi connectivity index (χ4n) is 4.69. The highest BCUT2D eigenvalue weighted by molar-refractivity contribution is 5.29. The molecule has 1 saturated carbocycles. The van der Waals surface area contributed by atoms with Crippen molar-refractivity contribution in [1.29, 1.82) is 0 Å². The number of nitrogens with zero attached hydrogens (tertiary/aromatic N) is 3. The fourth-order valence-corrected chi connectivity index (χ4v) is 4.69. The van der Waals surface area contributed by atoms with Crippen molar-refractivity contribution in [3.05, 3.63) is 47.8 Å². The van der Waals surface area contributed by atoms with Crippen LogP contribution in [-0.2, 0) is 19.6 Å². The molecule has 28 heavy (non-hydrogen) atoms. The van der Waals surface area contributed by atoms with Crippen molar-refractivity contribution in [1.82, 2.24) is 19.8 Å². The minimum atomic E-state index is -0.276. The number of hydrogen-bond acceptors (Lipinski definition) is 4. The van der Waals surface area contributed by atoms with Crippen molar-refractivity contribution in [3.63, 3.8) is 0 Å². The molecular weight excluding hydrogens is 355 g/mol. The van der Waals surface area contributed by atoms with E-state index in [2.05, 4.69) is 26.7 Å². The number of imidazole rings is 1. The molecule has 6 heteroatoms. The van der Waals surface area contributed by atoms with Crippen molar-refractivity contribution >= 4 is 0 Å². The molecular formula is C22H31FN4O. The number of piperidine rings is 1. The van der Waals surface area contributed by atoms with Crippen LogP contribution in [0.25, 0.3) is 0 Å². The lowest BCUT2D eigenvalue weighted by Crippen LogP contribution is -2.36. The van der Waals surface area contributed by atoms with E-state index in [1.807, 2.05) is 25.4 Å². The highest BCUT2D eigenvalue weighted by atomic mass is 19.1. The van der Waals surface area contributed by atoms with E-state index < -0.39 is 0 Å². The molecule has 1 atom stereocenters. The summed E-state index contributed by atoms with van der Waals surface area (Å²) in [6.07, 6.45) is 7.61. The van der Waals surface area contributed by atoms with E-state index in [0.29, 0.717) is 23.8 Å². The van der Waals surface area contributed by atoms with Crippen LogP contribution in [0.5, 0.6) is 5.75 Å². The van der Waals surface area contributed by atoms with Gasteiger partial charge in [-0.05, 0) is 69.3 Å². The summed E-state index contributed by atoms with van der Waals surface area (Å²) >= 11 is 0. The monoisotopic (exact) mass is 386 g/mol. The number of halogens is 1. The van der Waals surface area contributed by atoms with Gasteiger partial charge in [0.2, 0.25) is 0 Å². The molecule has 0 radical (unpaired) electrons. The second-order valence-electron chi connectivity index (χ2n) is 8.06. The molecule has 1 aromatic heterocycles. The molecule has 152 valence electrons. The molecule has 4 rings (SSSR count). The zero-order valence-electron chi connectivity index (χ0n) is 17.0. The second kappa shape index (κ2) is 8.21. The van der Waals surface area contributed by atoms with E-state index in [-0.39, 0.29) is 5.82 Å². The van der Waals surface area contributed by atoms with Gasteiger partial charge in [-0.2, -0.15) is 0 Å². The number of nitrogens with one attached hydrogen (secondary N) is 1. The Morgan fingerprint density at radius 3 is 2.82 bits per heavy atom. The maximum atomic E-state index is 14.4. The largest absolute Gasteiger partial charge is 0.491 e. The zero-order chi connectivity index (χ0) is 19.6. The van der Waals surface area contributed by atoms with E-state index >= 15 is 0 Å². The maximum absolute atomic E-state index is 14.4. The predicted molar refractivity (Wildman–Crippen MR) is 108 cm³/mol. The lowest BCUT2D eigenvalue weighted by molar-refractivity contribution is 0.182. The molecule has 0 amide bonds. The number of rotatable bonds is 8. The smallest absolute Gasteiger partial charge is 0.165 e. The topological polar surface area (TPSA) is 42.3 Å². The molecule has 1 unspecified atom stereocenters. The second-order valence-corrected chi connectivity index (χ2v) is 8.06. The van der Waals surface area contributed by atoms with Gasteiger partial charge >= 0.3 is 0 Å². The quantitative estimate of drug-likeness (QED) is 0.753. The van der Waals surface area contributed by atoms with Crippen molar-refractivity contribution < 1.29 is 9.13 Å². The summed E-state index contributed by atoms with van der Waals surface area (Å²) in [6.45, 7) is 9.15. The third-order valence-corrected chi connectivity index (χ3v) is 6.36. The third-order valence-electron chi connectivity index (χ3n) is 6.36. The molecule has 1 aliphatic carbocycles. The van der Waals surface area contributed by atoms with Crippen LogP contribution in [0.4, 0.5) is 4.39 Å². The van der Waals surface area contributed by atoms with Gasteiger partial charge in [-0.25, -0.2) is 9.37 Å². The van der Waals surface area contributed by atoms with Crippen molar-refractivity contribution in [2.75, 3.05) is 19.7 Å². The average Bonchev–Trinajstić information content (AvgIpc) is 3.18. The third kappa shape index (κ3) is 3.94. The lowest BCUT2D eigenvalue weighted by Gasteiger charge is -2.29. The molecule has 1 aliphatic heterocycles. The van der Waals surface area contributed by atoms with Crippen molar-refractivity contribution in [2.24, 2.45) is 5.41 Å². The molecule has 2 heterocycles. The first-order valence-corrected chi connectivity index (χ1v) is 10.5. The van der Waals surface area contributed by atoms with Crippen LogP contribution < -0.4 is 10.1 Å². The van der Waals surface area contributed by atoms with Crippen LogP contribution in [0, 0.1) is 11.2 Å². The Morgan fingerprint density at radius 2 is 2.11 bits per heavy atom. The first-order chi connectivity index (χ1) is 13.6. The van der Waals surface area contributed by atoms with Gasteiger partial charge in [0.05, 0.1) is 13.2 Å². The van der Waals surface area contributed by atoms with Gasteiger partial charge in [0.25, 0.3) is 0 Å². The molecule has 0 bridgehead atoms.